The first-order chi connectivity index (χ1) is 8.59. The van der Waals surface area contributed by atoms with Crippen molar-refractivity contribution in [3.8, 4) is 0 Å². The molecule has 6 heteroatoms. The number of carboxylic acid groups (broad SMARTS) is 1. The Bertz CT molecular complexity index is 562. The number of anilines is 1. The number of aromatic carboxylic acids is 1. The van der Waals surface area contributed by atoms with E-state index in [2.05, 4.69) is 0 Å². The van der Waals surface area contributed by atoms with E-state index in [1.807, 2.05) is 0 Å². The summed E-state index contributed by atoms with van der Waals surface area (Å²) in [6.07, 6.45) is 1.36. The van der Waals surface area contributed by atoms with E-state index >= 15 is 0 Å². The van der Waals surface area contributed by atoms with Crippen LogP contribution in [0.1, 0.15) is 16.1 Å². The number of hydrogen-bond donors (Lipinski definition) is 2. The van der Waals surface area contributed by atoms with Crippen LogP contribution < -0.4 is 5.73 Å². The van der Waals surface area contributed by atoms with Gasteiger partial charge in [0.25, 0.3) is 0 Å². The van der Waals surface area contributed by atoms with E-state index in [0.717, 1.165) is 4.90 Å². The summed E-state index contributed by atoms with van der Waals surface area (Å²) in [7, 11) is 0. The van der Waals surface area contributed by atoms with Crippen molar-refractivity contribution in [2.75, 3.05) is 5.73 Å². The third-order valence-electron chi connectivity index (χ3n) is 2.32. The number of nitrogens with two attached hydrogens (primary N) is 1. The van der Waals surface area contributed by atoms with Gasteiger partial charge in [0.15, 0.2) is 0 Å². The Morgan fingerprint density at radius 2 is 2.22 bits per heavy atom. The number of halogens is 1. The van der Waals surface area contributed by atoms with Gasteiger partial charge in [-0.1, -0.05) is 17.7 Å². The van der Waals surface area contributed by atoms with Crippen molar-refractivity contribution in [2.24, 2.45) is 0 Å². The van der Waals surface area contributed by atoms with E-state index < -0.39 is 5.97 Å². The zero-order valence-corrected chi connectivity index (χ0v) is 10.8. The molecule has 0 unspecified atom stereocenters. The number of thioether (sulfide) groups is 1. The van der Waals surface area contributed by atoms with Crippen LogP contribution in [0.4, 0.5) is 5.69 Å². The summed E-state index contributed by atoms with van der Waals surface area (Å²) in [5.41, 5.74) is 6.53. The van der Waals surface area contributed by atoms with Crippen molar-refractivity contribution >= 4 is 35.0 Å². The molecule has 2 rings (SSSR count). The van der Waals surface area contributed by atoms with Gasteiger partial charge in [0.1, 0.15) is 11.3 Å². The van der Waals surface area contributed by atoms with Crippen LogP contribution in [0.15, 0.2) is 39.8 Å². The van der Waals surface area contributed by atoms with Gasteiger partial charge in [-0.25, -0.2) is 4.79 Å². The van der Waals surface area contributed by atoms with Crippen LogP contribution in [0, 0.1) is 0 Å². The van der Waals surface area contributed by atoms with E-state index in [1.54, 1.807) is 18.2 Å². The maximum Gasteiger partial charge on any atom is 0.339 e. The zero-order valence-electron chi connectivity index (χ0n) is 9.22. The first-order valence-corrected chi connectivity index (χ1v) is 6.42. The molecule has 4 nitrogen and oxygen atoms in total. The second-order valence-electron chi connectivity index (χ2n) is 3.51. The Hall–Kier alpha value is -1.59. The van der Waals surface area contributed by atoms with Gasteiger partial charge in [-0.2, -0.15) is 0 Å². The minimum absolute atomic E-state index is 0.160. The highest BCUT2D eigenvalue weighted by atomic mass is 35.5. The summed E-state index contributed by atoms with van der Waals surface area (Å²) < 4.78 is 5.14. The van der Waals surface area contributed by atoms with Crippen LogP contribution in [0.3, 0.4) is 0 Å². The van der Waals surface area contributed by atoms with E-state index in [9.17, 15) is 4.79 Å². The SMILES string of the molecule is Nc1cccc(Cl)c1SCc1occc1C(=O)O. The molecule has 0 saturated carbocycles. The fourth-order valence-electron chi connectivity index (χ4n) is 1.46. The van der Waals surface area contributed by atoms with Crippen LogP contribution in [0.5, 0.6) is 0 Å². The van der Waals surface area contributed by atoms with E-state index in [0.29, 0.717) is 22.2 Å². The van der Waals surface area contributed by atoms with E-state index in [-0.39, 0.29) is 5.56 Å². The highest BCUT2D eigenvalue weighted by Gasteiger charge is 2.14. The van der Waals surface area contributed by atoms with Gasteiger partial charge in [0.05, 0.1) is 17.0 Å². The first kappa shape index (κ1) is 12.9. The molecule has 0 saturated heterocycles. The summed E-state index contributed by atoms with van der Waals surface area (Å²) in [6, 6.07) is 6.67. The molecule has 0 fully saturated rings. The van der Waals surface area contributed by atoms with Crippen molar-refractivity contribution in [2.45, 2.75) is 10.6 Å². The lowest BCUT2D eigenvalue weighted by atomic mass is 10.3. The summed E-state index contributed by atoms with van der Waals surface area (Å²) in [6.45, 7) is 0. The average Bonchev–Trinajstić information content (AvgIpc) is 2.76. The van der Waals surface area contributed by atoms with Gasteiger partial charge in [-0.3, -0.25) is 0 Å². The van der Waals surface area contributed by atoms with Gasteiger partial charge in [0.2, 0.25) is 0 Å². The third-order valence-corrected chi connectivity index (χ3v) is 3.90. The Labute approximate surface area is 113 Å². The molecular formula is C12H10ClNO3S. The maximum atomic E-state index is 10.9. The number of nitrogen functional groups attached to an aromatic ring is 1. The van der Waals surface area contributed by atoms with Crippen molar-refractivity contribution in [3.05, 3.63) is 46.9 Å². The highest BCUT2D eigenvalue weighted by molar-refractivity contribution is 7.98. The maximum absolute atomic E-state index is 10.9. The summed E-state index contributed by atoms with van der Waals surface area (Å²) in [5.74, 6) is -0.249. The van der Waals surface area contributed by atoms with Gasteiger partial charge >= 0.3 is 5.97 Å². The lowest BCUT2D eigenvalue weighted by molar-refractivity contribution is 0.0695. The molecule has 0 amide bonds. The number of hydrogen-bond acceptors (Lipinski definition) is 4. The molecule has 2 aromatic rings. The van der Waals surface area contributed by atoms with Crippen molar-refractivity contribution in [1.82, 2.24) is 0 Å². The van der Waals surface area contributed by atoms with Gasteiger partial charge in [-0.15, -0.1) is 11.8 Å². The molecular weight excluding hydrogens is 274 g/mol. The molecule has 0 radical (unpaired) electrons. The van der Waals surface area contributed by atoms with Gasteiger partial charge < -0.3 is 15.3 Å². The minimum Gasteiger partial charge on any atom is -0.478 e. The molecule has 0 atom stereocenters. The van der Waals surface area contributed by atoms with Crippen LogP contribution in [-0.2, 0) is 5.75 Å². The molecule has 0 spiro atoms. The molecule has 3 N–H and O–H groups in total. The molecule has 1 aromatic carbocycles. The monoisotopic (exact) mass is 283 g/mol. The Morgan fingerprint density at radius 1 is 1.44 bits per heavy atom. The van der Waals surface area contributed by atoms with E-state index in [1.165, 1.54) is 24.1 Å². The summed E-state index contributed by atoms with van der Waals surface area (Å²) in [5, 5.41) is 9.49. The zero-order chi connectivity index (χ0) is 13.1. The Kier molecular flexibility index (Phi) is 3.84. The quantitative estimate of drug-likeness (QED) is 0.663. The molecule has 1 aromatic heterocycles. The number of furan rings is 1. The van der Waals surface area contributed by atoms with Gasteiger partial charge in [-0.05, 0) is 18.2 Å². The number of carboxylic acids is 1. The van der Waals surface area contributed by atoms with Crippen molar-refractivity contribution in [3.63, 3.8) is 0 Å². The normalized spacial score (nSPS) is 10.5. The number of carbonyl (C=O) groups is 1. The topological polar surface area (TPSA) is 76.5 Å². The van der Waals surface area contributed by atoms with Crippen molar-refractivity contribution in [1.29, 1.82) is 0 Å². The van der Waals surface area contributed by atoms with E-state index in [4.69, 9.17) is 26.9 Å². The lowest BCUT2D eigenvalue weighted by Gasteiger charge is -2.06. The number of rotatable bonds is 4. The molecule has 0 aliphatic heterocycles. The molecule has 1 heterocycles. The van der Waals surface area contributed by atoms with Crippen LogP contribution >= 0.6 is 23.4 Å². The third kappa shape index (κ3) is 2.63. The lowest BCUT2D eigenvalue weighted by Crippen LogP contribution is -1.98. The second kappa shape index (κ2) is 5.37. The van der Waals surface area contributed by atoms with Crippen LogP contribution in [0.25, 0.3) is 0 Å². The molecule has 94 valence electrons. The first-order valence-electron chi connectivity index (χ1n) is 5.06. The fourth-order valence-corrected chi connectivity index (χ4v) is 2.74. The minimum atomic E-state index is -1.01. The van der Waals surface area contributed by atoms with Crippen molar-refractivity contribution < 1.29 is 14.3 Å². The summed E-state index contributed by atoms with van der Waals surface area (Å²) in [4.78, 5) is 11.6. The Morgan fingerprint density at radius 3 is 2.89 bits per heavy atom. The Balaban J connectivity index is 2.17. The molecule has 0 aliphatic carbocycles. The number of benzene rings is 1. The van der Waals surface area contributed by atoms with Gasteiger partial charge in [0, 0.05) is 10.6 Å². The summed E-state index contributed by atoms with van der Waals surface area (Å²) >= 11 is 7.37. The predicted octanol–water partition coefficient (Wildman–Crippen LogP) is 3.51. The highest BCUT2D eigenvalue weighted by Crippen LogP contribution is 2.35. The smallest absolute Gasteiger partial charge is 0.339 e. The standard InChI is InChI=1S/C12H10ClNO3S/c13-8-2-1-3-9(14)11(8)18-6-10-7(12(15)16)4-5-17-10/h1-5H,6,14H2,(H,15,16). The van der Waals surface area contributed by atoms with Crippen LogP contribution in [-0.4, -0.2) is 11.1 Å². The molecule has 0 bridgehead atoms. The average molecular weight is 284 g/mol. The fraction of sp³-hybridized carbons (Fsp3) is 0.0833. The molecule has 18 heavy (non-hydrogen) atoms. The molecule has 0 aliphatic rings. The largest absolute Gasteiger partial charge is 0.478 e. The second-order valence-corrected chi connectivity index (χ2v) is 4.90. The predicted molar refractivity (Wildman–Crippen MR) is 71.1 cm³/mol. The van der Waals surface area contributed by atoms with Crippen LogP contribution in [0.2, 0.25) is 5.02 Å².